The van der Waals surface area contributed by atoms with Gasteiger partial charge in [-0.1, -0.05) is 19.1 Å². The number of hydrogen-bond donors (Lipinski definition) is 2. The van der Waals surface area contributed by atoms with E-state index in [1.165, 1.54) is 0 Å². The van der Waals surface area contributed by atoms with Gasteiger partial charge >= 0.3 is 0 Å². The molecule has 1 heterocycles. The van der Waals surface area contributed by atoms with Crippen molar-refractivity contribution in [1.82, 2.24) is 4.98 Å². The summed E-state index contributed by atoms with van der Waals surface area (Å²) in [5.74, 6) is 2.23. The van der Waals surface area contributed by atoms with Gasteiger partial charge in [-0.25, -0.2) is 0 Å². The number of thiocarbonyl (C=S) groups is 1. The molecule has 16 heavy (non-hydrogen) atoms. The van der Waals surface area contributed by atoms with E-state index in [1.807, 2.05) is 23.9 Å². The minimum absolute atomic E-state index is 0.334. The van der Waals surface area contributed by atoms with Gasteiger partial charge in [0.1, 0.15) is 4.99 Å². The predicted octanol–water partition coefficient (Wildman–Crippen LogP) is 2.27. The van der Waals surface area contributed by atoms with Gasteiger partial charge in [0.2, 0.25) is 0 Å². The first-order valence-electron chi connectivity index (χ1n) is 5.23. The molecule has 0 bridgehead atoms. The van der Waals surface area contributed by atoms with Crippen LogP contribution in [-0.2, 0) is 0 Å². The highest BCUT2D eigenvalue weighted by atomic mass is 32.2. The maximum Gasteiger partial charge on any atom is 0.122 e. The molecule has 5 heteroatoms. The second kappa shape index (κ2) is 6.70. The molecule has 1 aromatic rings. The number of rotatable bonds is 6. The van der Waals surface area contributed by atoms with Crippen molar-refractivity contribution < 1.29 is 0 Å². The zero-order valence-electron chi connectivity index (χ0n) is 9.56. The van der Waals surface area contributed by atoms with Crippen LogP contribution in [0.5, 0.6) is 0 Å². The standard InChI is InChI=1S/C11H17N3S2/c1-3-16-7-8(2)14-9-4-5-10(11(12)15)13-6-9/h4-6,8,14H,3,7H2,1-2H3,(H2,12,15). The molecule has 0 saturated heterocycles. The van der Waals surface area contributed by atoms with Crippen LogP contribution in [0, 0.1) is 0 Å². The van der Waals surface area contributed by atoms with Crippen molar-refractivity contribution in [2.75, 3.05) is 16.8 Å². The van der Waals surface area contributed by atoms with Gasteiger partial charge in [-0.2, -0.15) is 11.8 Å². The van der Waals surface area contributed by atoms with Gasteiger partial charge in [0.05, 0.1) is 17.6 Å². The van der Waals surface area contributed by atoms with Crippen LogP contribution in [0.2, 0.25) is 0 Å². The van der Waals surface area contributed by atoms with E-state index in [0.717, 1.165) is 17.2 Å². The summed E-state index contributed by atoms with van der Waals surface area (Å²) in [6, 6.07) is 4.22. The fourth-order valence-electron chi connectivity index (χ4n) is 1.25. The quantitative estimate of drug-likeness (QED) is 0.764. The molecule has 0 fully saturated rings. The lowest BCUT2D eigenvalue weighted by atomic mass is 10.3. The van der Waals surface area contributed by atoms with Crippen LogP contribution in [0.25, 0.3) is 0 Å². The average Bonchev–Trinajstić information content (AvgIpc) is 2.27. The number of nitrogens with zero attached hydrogens (tertiary/aromatic N) is 1. The van der Waals surface area contributed by atoms with Crippen LogP contribution >= 0.6 is 24.0 Å². The van der Waals surface area contributed by atoms with Crippen LogP contribution in [0.4, 0.5) is 5.69 Å². The van der Waals surface area contributed by atoms with E-state index < -0.39 is 0 Å². The Labute approximate surface area is 106 Å². The molecule has 0 saturated carbocycles. The minimum atomic E-state index is 0.334. The van der Waals surface area contributed by atoms with Crippen LogP contribution < -0.4 is 11.1 Å². The topological polar surface area (TPSA) is 50.9 Å². The van der Waals surface area contributed by atoms with E-state index in [0.29, 0.717) is 16.7 Å². The van der Waals surface area contributed by atoms with Gasteiger partial charge in [0.25, 0.3) is 0 Å². The van der Waals surface area contributed by atoms with Crippen molar-refractivity contribution in [3.8, 4) is 0 Å². The van der Waals surface area contributed by atoms with E-state index in [1.54, 1.807) is 6.20 Å². The SMILES string of the molecule is CCSCC(C)Nc1ccc(C(N)=S)nc1. The van der Waals surface area contributed by atoms with Gasteiger partial charge in [-0.15, -0.1) is 0 Å². The van der Waals surface area contributed by atoms with Crippen molar-refractivity contribution in [2.45, 2.75) is 19.9 Å². The van der Waals surface area contributed by atoms with Crippen molar-refractivity contribution in [1.29, 1.82) is 0 Å². The molecule has 0 aliphatic rings. The second-order valence-corrected chi connectivity index (χ2v) is 5.26. The zero-order chi connectivity index (χ0) is 12.0. The third kappa shape index (κ3) is 4.37. The summed E-state index contributed by atoms with van der Waals surface area (Å²) in [6.07, 6.45) is 1.77. The highest BCUT2D eigenvalue weighted by Crippen LogP contribution is 2.10. The normalized spacial score (nSPS) is 12.1. The number of hydrogen-bond acceptors (Lipinski definition) is 4. The van der Waals surface area contributed by atoms with Gasteiger partial charge < -0.3 is 11.1 Å². The largest absolute Gasteiger partial charge is 0.388 e. The number of nitrogens with one attached hydrogen (secondary N) is 1. The van der Waals surface area contributed by atoms with Crippen molar-refractivity contribution in [3.63, 3.8) is 0 Å². The molecule has 0 amide bonds. The maximum absolute atomic E-state index is 5.48. The number of thioether (sulfide) groups is 1. The summed E-state index contributed by atoms with van der Waals surface area (Å²) in [5.41, 5.74) is 7.14. The van der Waals surface area contributed by atoms with Crippen LogP contribution in [0.3, 0.4) is 0 Å². The summed E-state index contributed by atoms with van der Waals surface area (Å²) in [5, 5.41) is 3.38. The summed E-state index contributed by atoms with van der Waals surface area (Å²) < 4.78 is 0. The average molecular weight is 255 g/mol. The molecule has 1 atom stereocenters. The predicted molar refractivity (Wildman–Crippen MR) is 76.2 cm³/mol. The van der Waals surface area contributed by atoms with Crippen molar-refractivity contribution in [2.24, 2.45) is 5.73 Å². The maximum atomic E-state index is 5.48. The van der Waals surface area contributed by atoms with E-state index in [4.69, 9.17) is 18.0 Å². The lowest BCUT2D eigenvalue weighted by Gasteiger charge is -2.14. The Morgan fingerprint density at radius 2 is 2.38 bits per heavy atom. The molecule has 0 spiro atoms. The molecule has 1 rings (SSSR count). The third-order valence-corrected chi connectivity index (χ3v) is 3.35. The van der Waals surface area contributed by atoms with E-state index in [2.05, 4.69) is 24.1 Å². The number of pyridine rings is 1. The first-order valence-corrected chi connectivity index (χ1v) is 6.80. The van der Waals surface area contributed by atoms with Gasteiger partial charge in [0.15, 0.2) is 0 Å². The molecule has 1 unspecified atom stereocenters. The summed E-state index contributed by atoms with van der Waals surface area (Å²) >= 11 is 6.76. The molecule has 1 aromatic heterocycles. The molecule has 0 radical (unpaired) electrons. The lowest BCUT2D eigenvalue weighted by molar-refractivity contribution is 0.911. The highest BCUT2D eigenvalue weighted by Gasteiger charge is 2.02. The molecule has 0 aromatic carbocycles. The Hall–Kier alpha value is -0.810. The highest BCUT2D eigenvalue weighted by molar-refractivity contribution is 7.99. The molecule has 3 N–H and O–H groups in total. The smallest absolute Gasteiger partial charge is 0.122 e. The minimum Gasteiger partial charge on any atom is -0.388 e. The van der Waals surface area contributed by atoms with Crippen LogP contribution in [0.15, 0.2) is 18.3 Å². The molecule has 3 nitrogen and oxygen atoms in total. The molecule has 88 valence electrons. The third-order valence-electron chi connectivity index (χ3n) is 2.00. The fraction of sp³-hybridized carbons (Fsp3) is 0.455. The second-order valence-electron chi connectivity index (χ2n) is 3.50. The van der Waals surface area contributed by atoms with Crippen LogP contribution in [-0.4, -0.2) is 27.5 Å². The molecule has 0 aliphatic heterocycles. The van der Waals surface area contributed by atoms with E-state index in [9.17, 15) is 0 Å². The summed E-state index contributed by atoms with van der Waals surface area (Å²) in [7, 11) is 0. The molecular weight excluding hydrogens is 238 g/mol. The summed E-state index contributed by atoms with van der Waals surface area (Å²) in [6.45, 7) is 4.32. The van der Waals surface area contributed by atoms with E-state index >= 15 is 0 Å². The van der Waals surface area contributed by atoms with Gasteiger partial charge in [-0.05, 0) is 24.8 Å². The molecule has 0 aliphatic carbocycles. The number of anilines is 1. The summed E-state index contributed by atoms with van der Waals surface area (Å²) in [4.78, 5) is 4.51. The fourth-order valence-corrected chi connectivity index (χ4v) is 2.04. The Morgan fingerprint density at radius 3 is 2.88 bits per heavy atom. The number of aromatic nitrogens is 1. The molecular formula is C11H17N3S2. The number of nitrogens with two attached hydrogens (primary N) is 1. The lowest BCUT2D eigenvalue weighted by Crippen LogP contribution is -2.18. The van der Waals surface area contributed by atoms with Crippen molar-refractivity contribution in [3.05, 3.63) is 24.0 Å². The van der Waals surface area contributed by atoms with E-state index in [-0.39, 0.29) is 0 Å². The zero-order valence-corrected chi connectivity index (χ0v) is 11.2. The Bertz CT molecular complexity index is 338. The Kier molecular flexibility index (Phi) is 5.55. The van der Waals surface area contributed by atoms with Gasteiger partial charge in [0, 0.05) is 11.8 Å². The van der Waals surface area contributed by atoms with Crippen LogP contribution in [0.1, 0.15) is 19.5 Å². The Morgan fingerprint density at radius 1 is 1.62 bits per heavy atom. The first-order chi connectivity index (χ1) is 7.63. The van der Waals surface area contributed by atoms with Gasteiger partial charge in [-0.3, -0.25) is 4.98 Å². The monoisotopic (exact) mass is 255 g/mol. The first kappa shape index (κ1) is 13.3. The van der Waals surface area contributed by atoms with Crippen molar-refractivity contribution >= 4 is 34.7 Å². The Balaban J connectivity index is 2.51.